The molecule has 0 aromatic carbocycles. The average molecular weight is 355 g/mol. The zero-order valence-corrected chi connectivity index (χ0v) is 15.5. The monoisotopic (exact) mass is 355 g/mol. The van der Waals surface area contributed by atoms with Gasteiger partial charge in [0.25, 0.3) is 5.91 Å². The van der Waals surface area contributed by atoms with Crippen molar-refractivity contribution in [1.29, 1.82) is 0 Å². The van der Waals surface area contributed by atoms with Crippen LogP contribution in [0.1, 0.15) is 60.2 Å². The highest BCUT2D eigenvalue weighted by Crippen LogP contribution is 2.32. The molecule has 0 radical (unpaired) electrons. The molecule has 1 N–H and O–H groups in total. The minimum Gasteiger partial charge on any atom is -0.351 e. The molecule has 1 unspecified atom stereocenters. The minimum atomic E-state index is -0.0849. The van der Waals surface area contributed by atoms with Gasteiger partial charge < -0.3 is 10.2 Å². The van der Waals surface area contributed by atoms with E-state index in [9.17, 15) is 9.59 Å². The molecule has 7 heteroatoms. The Kier molecular flexibility index (Phi) is 5.35. The summed E-state index contributed by atoms with van der Waals surface area (Å²) in [6.45, 7) is 7.22. The Morgan fingerprint density at radius 1 is 1.35 bits per heavy atom. The van der Waals surface area contributed by atoms with Gasteiger partial charge >= 0.3 is 0 Å². The summed E-state index contributed by atoms with van der Waals surface area (Å²) >= 11 is 0. The predicted octanol–water partition coefficient (Wildman–Crippen LogP) is 2.22. The molecule has 0 aliphatic carbocycles. The third-order valence-corrected chi connectivity index (χ3v) is 4.70. The van der Waals surface area contributed by atoms with Gasteiger partial charge in [-0.2, -0.15) is 5.10 Å². The Hall–Kier alpha value is -2.70. The van der Waals surface area contributed by atoms with Crippen LogP contribution in [-0.4, -0.2) is 38.0 Å². The van der Waals surface area contributed by atoms with Gasteiger partial charge in [0.15, 0.2) is 0 Å². The van der Waals surface area contributed by atoms with Crippen LogP contribution < -0.4 is 5.32 Å². The Labute approximate surface area is 153 Å². The molecule has 0 saturated carbocycles. The molecule has 0 bridgehead atoms. The number of hydrogen-bond donors (Lipinski definition) is 1. The molecular formula is C19H25N5O2. The summed E-state index contributed by atoms with van der Waals surface area (Å²) in [5.74, 6) is -0.0722. The fraction of sp³-hybridized carbons (Fsp3) is 0.474. The summed E-state index contributed by atoms with van der Waals surface area (Å²) in [4.78, 5) is 30.7. The second kappa shape index (κ2) is 7.68. The zero-order chi connectivity index (χ0) is 18.7. The molecule has 2 amide bonds. The first kappa shape index (κ1) is 18.1. The second-order valence-corrected chi connectivity index (χ2v) is 6.60. The van der Waals surface area contributed by atoms with Crippen molar-refractivity contribution in [2.45, 2.75) is 52.7 Å². The lowest BCUT2D eigenvalue weighted by Gasteiger charge is -2.24. The lowest BCUT2D eigenvalue weighted by Crippen LogP contribution is -2.31. The van der Waals surface area contributed by atoms with Crippen molar-refractivity contribution in [3.05, 3.63) is 47.0 Å². The van der Waals surface area contributed by atoms with Gasteiger partial charge in [0.2, 0.25) is 5.91 Å². The predicted molar refractivity (Wildman–Crippen MR) is 97.4 cm³/mol. The molecule has 1 saturated heterocycles. The van der Waals surface area contributed by atoms with E-state index in [0.717, 1.165) is 43.0 Å². The molecule has 138 valence electrons. The fourth-order valence-electron chi connectivity index (χ4n) is 3.36. The topological polar surface area (TPSA) is 80.1 Å². The SMILES string of the molecule is CCn1cc(C(=O)N2CCCC2c2cccc(CNC(C)=O)n2)c(C)n1. The van der Waals surface area contributed by atoms with Gasteiger partial charge in [-0.3, -0.25) is 19.3 Å². The van der Waals surface area contributed by atoms with E-state index in [-0.39, 0.29) is 17.9 Å². The number of aromatic nitrogens is 3. The number of carbonyl (C=O) groups is 2. The molecule has 1 atom stereocenters. The van der Waals surface area contributed by atoms with Gasteiger partial charge in [-0.15, -0.1) is 0 Å². The van der Waals surface area contributed by atoms with E-state index in [1.807, 2.05) is 43.1 Å². The molecule has 3 rings (SSSR count). The van der Waals surface area contributed by atoms with Crippen LogP contribution in [-0.2, 0) is 17.9 Å². The van der Waals surface area contributed by atoms with E-state index in [0.29, 0.717) is 12.1 Å². The van der Waals surface area contributed by atoms with Crippen molar-refractivity contribution >= 4 is 11.8 Å². The van der Waals surface area contributed by atoms with Crippen LogP contribution >= 0.6 is 0 Å². The number of nitrogens with zero attached hydrogens (tertiary/aromatic N) is 4. The fourth-order valence-corrected chi connectivity index (χ4v) is 3.36. The largest absolute Gasteiger partial charge is 0.351 e. The number of likely N-dealkylation sites (tertiary alicyclic amines) is 1. The number of amides is 2. The van der Waals surface area contributed by atoms with Crippen molar-refractivity contribution in [2.24, 2.45) is 0 Å². The Balaban J connectivity index is 1.81. The van der Waals surface area contributed by atoms with Gasteiger partial charge in [-0.1, -0.05) is 6.07 Å². The maximum Gasteiger partial charge on any atom is 0.257 e. The average Bonchev–Trinajstić information content (AvgIpc) is 3.26. The molecule has 1 aliphatic heterocycles. The Morgan fingerprint density at radius 2 is 2.15 bits per heavy atom. The minimum absolute atomic E-state index is 0.0127. The number of nitrogens with one attached hydrogen (secondary N) is 1. The highest BCUT2D eigenvalue weighted by molar-refractivity contribution is 5.95. The van der Waals surface area contributed by atoms with E-state index in [1.54, 1.807) is 4.68 Å². The summed E-state index contributed by atoms with van der Waals surface area (Å²) in [7, 11) is 0. The summed E-state index contributed by atoms with van der Waals surface area (Å²) in [6.07, 6.45) is 3.67. The summed E-state index contributed by atoms with van der Waals surface area (Å²) in [6, 6.07) is 5.73. The van der Waals surface area contributed by atoms with Crippen LogP contribution in [0.3, 0.4) is 0 Å². The van der Waals surface area contributed by atoms with Crippen molar-refractivity contribution < 1.29 is 9.59 Å². The van der Waals surface area contributed by atoms with Crippen molar-refractivity contribution in [3.63, 3.8) is 0 Å². The third kappa shape index (κ3) is 3.76. The maximum atomic E-state index is 13.1. The van der Waals surface area contributed by atoms with Crippen molar-refractivity contribution in [1.82, 2.24) is 25.0 Å². The normalized spacial score (nSPS) is 16.7. The van der Waals surface area contributed by atoms with E-state index >= 15 is 0 Å². The summed E-state index contributed by atoms with van der Waals surface area (Å²) in [5, 5.41) is 7.15. The Morgan fingerprint density at radius 3 is 2.85 bits per heavy atom. The van der Waals surface area contributed by atoms with Crippen LogP contribution in [0, 0.1) is 6.92 Å². The summed E-state index contributed by atoms with van der Waals surface area (Å²) < 4.78 is 1.79. The van der Waals surface area contributed by atoms with Crippen LogP contribution in [0.25, 0.3) is 0 Å². The molecule has 7 nitrogen and oxygen atoms in total. The van der Waals surface area contributed by atoms with Gasteiger partial charge in [0, 0.05) is 26.2 Å². The molecule has 1 fully saturated rings. The van der Waals surface area contributed by atoms with Gasteiger partial charge in [-0.05, 0) is 38.8 Å². The highest BCUT2D eigenvalue weighted by Gasteiger charge is 2.33. The van der Waals surface area contributed by atoms with E-state index in [2.05, 4.69) is 15.4 Å². The highest BCUT2D eigenvalue weighted by atomic mass is 16.2. The number of aryl methyl sites for hydroxylation is 2. The number of pyridine rings is 1. The molecular weight excluding hydrogens is 330 g/mol. The lowest BCUT2D eigenvalue weighted by atomic mass is 10.1. The first-order valence-electron chi connectivity index (χ1n) is 9.05. The molecule has 3 heterocycles. The van der Waals surface area contributed by atoms with Crippen LogP contribution in [0.5, 0.6) is 0 Å². The maximum absolute atomic E-state index is 13.1. The molecule has 1 aliphatic rings. The molecule has 2 aromatic rings. The second-order valence-electron chi connectivity index (χ2n) is 6.60. The smallest absolute Gasteiger partial charge is 0.257 e. The molecule has 26 heavy (non-hydrogen) atoms. The van der Waals surface area contributed by atoms with Crippen molar-refractivity contribution in [2.75, 3.05) is 6.54 Å². The lowest BCUT2D eigenvalue weighted by molar-refractivity contribution is -0.119. The van der Waals surface area contributed by atoms with E-state index < -0.39 is 0 Å². The molecule has 0 spiro atoms. The number of carbonyl (C=O) groups excluding carboxylic acids is 2. The van der Waals surface area contributed by atoms with Crippen LogP contribution in [0.2, 0.25) is 0 Å². The van der Waals surface area contributed by atoms with Crippen LogP contribution in [0.15, 0.2) is 24.4 Å². The number of hydrogen-bond acceptors (Lipinski definition) is 4. The quantitative estimate of drug-likeness (QED) is 0.892. The first-order chi connectivity index (χ1) is 12.5. The van der Waals surface area contributed by atoms with Crippen molar-refractivity contribution in [3.8, 4) is 0 Å². The van der Waals surface area contributed by atoms with E-state index in [4.69, 9.17) is 0 Å². The van der Waals surface area contributed by atoms with Crippen LogP contribution in [0.4, 0.5) is 0 Å². The summed E-state index contributed by atoms with van der Waals surface area (Å²) in [5.41, 5.74) is 3.09. The van der Waals surface area contributed by atoms with Gasteiger partial charge in [0.05, 0.1) is 35.2 Å². The molecule has 2 aromatic heterocycles. The van der Waals surface area contributed by atoms with Gasteiger partial charge in [0.1, 0.15) is 0 Å². The van der Waals surface area contributed by atoms with Gasteiger partial charge in [-0.25, -0.2) is 0 Å². The zero-order valence-electron chi connectivity index (χ0n) is 15.5. The number of rotatable bonds is 5. The standard InChI is InChI=1S/C19H25N5O2/c1-4-23-12-16(13(2)22-23)19(26)24-10-6-9-18(24)17-8-5-7-15(21-17)11-20-14(3)25/h5,7-8,12,18H,4,6,9-11H2,1-3H3,(H,20,25). The Bertz CT molecular complexity index is 814. The van der Waals surface area contributed by atoms with E-state index in [1.165, 1.54) is 6.92 Å². The first-order valence-corrected chi connectivity index (χ1v) is 9.05. The third-order valence-electron chi connectivity index (χ3n) is 4.70.